The molecule has 0 N–H and O–H groups in total. The molecule has 46 valence electrons. The maximum absolute atomic E-state index is 10.0. The Kier molecular flexibility index (Phi) is 4.13. The Hall–Kier alpha value is 1.41. The molecule has 0 bridgehead atoms. The molecule has 0 unspecified atom stereocenters. The molecule has 7 heteroatoms. The van der Waals surface area contributed by atoms with Crippen LogP contribution in [0, 0.1) is 0 Å². The Morgan fingerprint density at radius 3 is 2.14 bits per heavy atom. The van der Waals surface area contributed by atoms with Gasteiger partial charge in [-0.2, -0.15) is 0 Å². The SMILES string of the molecule is O=S(=O)(OBr)[I-]Cl. The van der Waals surface area contributed by atoms with Gasteiger partial charge < -0.3 is 0 Å². The van der Waals surface area contributed by atoms with Crippen LogP contribution >= 0.6 is 25.2 Å². The van der Waals surface area contributed by atoms with Gasteiger partial charge in [0.1, 0.15) is 0 Å². The van der Waals surface area contributed by atoms with E-state index in [1.54, 1.807) is 0 Å². The third-order valence-corrected chi connectivity index (χ3v) is 7.60. The summed E-state index contributed by atoms with van der Waals surface area (Å²) >= 11 is 0.922. The Morgan fingerprint density at radius 1 is 1.71 bits per heavy atom. The summed E-state index contributed by atoms with van der Waals surface area (Å²) < 4.78 is 23.8. The van der Waals surface area contributed by atoms with Crippen molar-refractivity contribution in [2.75, 3.05) is 0 Å². The molecule has 7 heavy (non-hydrogen) atoms. The molecule has 0 aromatic heterocycles. The van der Waals surface area contributed by atoms with Crippen LogP contribution in [0.15, 0.2) is 0 Å². The molecule has 0 rings (SSSR count). The van der Waals surface area contributed by atoms with Crippen LogP contribution in [0.1, 0.15) is 0 Å². The summed E-state index contributed by atoms with van der Waals surface area (Å²) in [6, 6.07) is 0. The van der Waals surface area contributed by atoms with Gasteiger partial charge in [-0.3, -0.25) is 0 Å². The fourth-order valence-corrected chi connectivity index (χ4v) is 2.82. The van der Waals surface area contributed by atoms with E-state index >= 15 is 0 Å². The molecule has 0 radical (unpaired) electrons. The van der Waals surface area contributed by atoms with E-state index in [0.29, 0.717) is 0 Å². The van der Waals surface area contributed by atoms with Gasteiger partial charge in [-0.05, 0) is 0 Å². The molecular formula is BrClIO3S-. The summed E-state index contributed by atoms with van der Waals surface area (Å²) in [6.45, 7) is 0. The normalized spacial score (nSPS) is 12.3. The van der Waals surface area contributed by atoms with E-state index in [1.807, 2.05) is 0 Å². The second-order valence-electron chi connectivity index (χ2n) is 0.514. The Bertz CT molecular complexity index is 118. The van der Waals surface area contributed by atoms with Gasteiger partial charge >= 0.3 is 62.8 Å². The zero-order valence-corrected chi connectivity index (χ0v) is 8.08. The van der Waals surface area contributed by atoms with E-state index in [1.165, 1.54) is 0 Å². The molecule has 0 aromatic carbocycles. The van der Waals surface area contributed by atoms with Gasteiger partial charge in [0, 0.05) is 0 Å². The minimum atomic E-state index is -3.37. The quantitative estimate of drug-likeness (QED) is 0.428. The first-order valence-electron chi connectivity index (χ1n) is 0.951. The molecule has 0 heterocycles. The zero-order chi connectivity index (χ0) is 5.91. The molecule has 0 aliphatic rings. The standard InChI is InChI=1S/BrClIO3S/c1-6-7(4,5)3-2/q-1. The van der Waals surface area contributed by atoms with Crippen LogP contribution in [0.5, 0.6) is 0 Å². The van der Waals surface area contributed by atoms with Crippen molar-refractivity contribution in [3.8, 4) is 0 Å². The molecule has 0 aliphatic carbocycles. The number of halogens is 3. The summed E-state index contributed by atoms with van der Waals surface area (Å²) in [6.07, 6.45) is 0. The van der Waals surface area contributed by atoms with Crippen LogP contribution < -0.4 is 18.7 Å². The van der Waals surface area contributed by atoms with Crippen LogP contribution in [0.25, 0.3) is 0 Å². The topological polar surface area (TPSA) is 43.4 Å². The van der Waals surface area contributed by atoms with Crippen LogP contribution in [0.3, 0.4) is 0 Å². The second kappa shape index (κ2) is 3.44. The van der Waals surface area contributed by atoms with E-state index in [4.69, 9.17) is 8.91 Å². The van der Waals surface area contributed by atoms with Crippen molar-refractivity contribution < 1.29 is 30.4 Å². The van der Waals surface area contributed by atoms with Crippen LogP contribution in [-0.2, 0) is 10.6 Å². The average molecular weight is 322 g/mol. The first-order valence-corrected chi connectivity index (χ1v) is 8.28. The second-order valence-corrected chi connectivity index (χ2v) is 8.92. The number of hydrogen-bond donors (Lipinski definition) is 0. The molecule has 0 spiro atoms. The van der Waals surface area contributed by atoms with Crippen molar-refractivity contribution >= 4 is 32.5 Å². The molecule has 0 aromatic rings. The van der Waals surface area contributed by atoms with E-state index in [9.17, 15) is 8.42 Å². The van der Waals surface area contributed by atoms with E-state index in [0.717, 1.165) is 0 Å². The summed E-state index contributed by atoms with van der Waals surface area (Å²) in [7, 11) is 1.60. The van der Waals surface area contributed by atoms with Crippen molar-refractivity contribution in [1.82, 2.24) is 0 Å². The van der Waals surface area contributed by atoms with Crippen molar-refractivity contribution in [3.63, 3.8) is 0 Å². The van der Waals surface area contributed by atoms with Gasteiger partial charge in [0.25, 0.3) is 0 Å². The molecule has 0 fully saturated rings. The van der Waals surface area contributed by atoms with Crippen LogP contribution in [0.4, 0.5) is 0 Å². The predicted octanol–water partition coefficient (Wildman–Crippen LogP) is -2.20. The third-order valence-electron chi connectivity index (χ3n) is 0.147. The van der Waals surface area contributed by atoms with Crippen LogP contribution in [0.2, 0.25) is 0 Å². The van der Waals surface area contributed by atoms with E-state index in [-0.39, 0.29) is 0 Å². The van der Waals surface area contributed by atoms with Gasteiger partial charge in [0.15, 0.2) is 0 Å². The zero-order valence-electron chi connectivity index (χ0n) is 2.77. The Balaban J connectivity index is 3.89. The van der Waals surface area contributed by atoms with Gasteiger partial charge in [-0.1, -0.05) is 0 Å². The van der Waals surface area contributed by atoms with Crippen LogP contribution in [-0.4, -0.2) is 8.42 Å². The van der Waals surface area contributed by atoms with Gasteiger partial charge in [0.05, 0.1) is 0 Å². The summed E-state index contributed by atoms with van der Waals surface area (Å²) in [4.78, 5) is 0. The van der Waals surface area contributed by atoms with Crippen molar-refractivity contribution in [1.29, 1.82) is 0 Å². The van der Waals surface area contributed by atoms with Crippen molar-refractivity contribution in [3.05, 3.63) is 0 Å². The number of rotatable bonds is 2. The molecule has 0 saturated heterocycles. The first-order chi connectivity index (χ1) is 3.12. The van der Waals surface area contributed by atoms with Gasteiger partial charge in [0.2, 0.25) is 0 Å². The van der Waals surface area contributed by atoms with Gasteiger partial charge in [-0.15, -0.1) is 0 Å². The Morgan fingerprint density at radius 2 is 2.14 bits per heavy atom. The fraction of sp³-hybridized carbons (Fsp3) is 0. The fourth-order valence-electron chi connectivity index (χ4n) is 0.00900. The maximum atomic E-state index is 10.0. The van der Waals surface area contributed by atoms with E-state index in [2.05, 4.69) is 19.5 Å². The Labute approximate surface area is 62.4 Å². The molecule has 0 amide bonds. The molecular weight excluding hydrogens is 322 g/mol. The molecule has 3 nitrogen and oxygen atoms in total. The number of hydrogen-bond acceptors (Lipinski definition) is 3. The third kappa shape index (κ3) is 3.95. The van der Waals surface area contributed by atoms with Gasteiger partial charge in [-0.25, -0.2) is 0 Å². The first kappa shape index (κ1) is 8.41. The van der Waals surface area contributed by atoms with Crippen molar-refractivity contribution in [2.45, 2.75) is 0 Å². The monoisotopic (exact) mass is 321 g/mol. The summed E-state index contributed by atoms with van der Waals surface area (Å²) in [5.41, 5.74) is 0. The molecule has 0 atom stereocenters. The molecule has 0 saturated carbocycles. The average Bonchev–Trinajstić information content (AvgIpc) is 1.68. The summed E-state index contributed by atoms with van der Waals surface area (Å²) in [5, 5.41) is 0. The van der Waals surface area contributed by atoms with E-state index < -0.39 is 26.0 Å². The predicted molar refractivity (Wildman–Crippen MR) is 24.8 cm³/mol. The summed E-state index contributed by atoms with van der Waals surface area (Å²) in [5.74, 6) is 0. The van der Waals surface area contributed by atoms with Crippen molar-refractivity contribution in [2.24, 2.45) is 0 Å². The molecule has 0 aliphatic heterocycles. The minimum absolute atomic E-state index is 1.36.